The van der Waals surface area contributed by atoms with Gasteiger partial charge in [0.1, 0.15) is 17.3 Å². The van der Waals surface area contributed by atoms with Gasteiger partial charge in [0.25, 0.3) is 5.91 Å². The molecule has 2 amide bonds. The van der Waals surface area contributed by atoms with Crippen LogP contribution in [0.1, 0.15) is 79.5 Å². The van der Waals surface area contributed by atoms with E-state index in [-0.39, 0.29) is 17.7 Å². The lowest BCUT2D eigenvalue weighted by atomic mass is 9.84. The number of hydrogen-bond donors (Lipinski definition) is 3. The fourth-order valence-corrected chi connectivity index (χ4v) is 5.62. The van der Waals surface area contributed by atoms with Crippen LogP contribution in [0.3, 0.4) is 0 Å². The second-order valence-corrected chi connectivity index (χ2v) is 10.2. The van der Waals surface area contributed by atoms with E-state index in [0.717, 1.165) is 31.2 Å². The van der Waals surface area contributed by atoms with Crippen molar-refractivity contribution in [3.8, 4) is 0 Å². The summed E-state index contributed by atoms with van der Waals surface area (Å²) in [5.74, 6) is -0.152. The van der Waals surface area contributed by atoms with Crippen LogP contribution in [0.5, 0.6) is 0 Å². The summed E-state index contributed by atoms with van der Waals surface area (Å²) in [6.07, 6.45) is 7.71. The first-order valence-corrected chi connectivity index (χ1v) is 13.7. The first kappa shape index (κ1) is 26.6. The molecule has 9 nitrogen and oxygen atoms in total. The highest BCUT2D eigenvalue weighted by Crippen LogP contribution is 2.36. The van der Waals surface area contributed by atoms with E-state index in [0.29, 0.717) is 35.7 Å². The van der Waals surface area contributed by atoms with Gasteiger partial charge in [-0.25, -0.2) is 9.97 Å². The second kappa shape index (κ2) is 12.3. The standard InChI is InChI=1S/C30H35N5O4/c1-2-35(30(38)23(17-20-11-5-3-6-12-20)33-28(37)24-18-31-19-32-24)26(21-13-7-4-8-14-21)27(36)29-34-22-15-9-10-16-25(22)39-29/h4,7-10,13-16,18-20,23,26-27,36H,2-3,5-6,11-12,17H2,1H3,(H,31,32)(H,33,37)/t23-,26-,27?/m0/s1. The molecule has 2 aromatic carbocycles. The zero-order valence-electron chi connectivity index (χ0n) is 22.1. The minimum Gasteiger partial charge on any atom is -0.438 e. The Balaban J connectivity index is 1.48. The summed E-state index contributed by atoms with van der Waals surface area (Å²) in [4.78, 5) is 40.3. The number of nitrogens with one attached hydrogen (secondary N) is 2. The van der Waals surface area contributed by atoms with Crippen LogP contribution in [0.4, 0.5) is 0 Å². The summed E-state index contributed by atoms with van der Waals surface area (Å²) in [5, 5.41) is 14.6. The molecule has 3 N–H and O–H groups in total. The molecule has 5 rings (SSSR count). The number of carbonyl (C=O) groups is 2. The summed E-state index contributed by atoms with van der Waals surface area (Å²) < 4.78 is 5.92. The van der Waals surface area contributed by atoms with Crippen LogP contribution >= 0.6 is 0 Å². The lowest BCUT2D eigenvalue weighted by Gasteiger charge is -2.37. The molecule has 2 aromatic heterocycles. The van der Waals surface area contributed by atoms with Crippen molar-refractivity contribution in [1.29, 1.82) is 0 Å². The summed E-state index contributed by atoms with van der Waals surface area (Å²) in [7, 11) is 0. The number of carbonyl (C=O) groups excluding carboxylic acids is 2. The number of aromatic amines is 1. The third-order valence-electron chi connectivity index (χ3n) is 7.60. The lowest BCUT2D eigenvalue weighted by molar-refractivity contribution is -0.139. The van der Waals surface area contributed by atoms with Crippen molar-refractivity contribution in [3.05, 3.63) is 84.3 Å². The van der Waals surface area contributed by atoms with Gasteiger partial charge in [-0.3, -0.25) is 9.59 Å². The molecule has 9 heteroatoms. The van der Waals surface area contributed by atoms with Crippen molar-refractivity contribution in [2.24, 2.45) is 5.92 Å². The SMILES string of the molecule is CCN(C(=O)[C@H](CC1CCCCC1)NC(=O)c1cnc[nH]1)[C@@H](c1ccccc1)C(O)c1nc2ccccc2o1. The molecule has 1 aliphatic rings. The first-order valence-electron chi connectivity index (χ1n) is 13.7. The maximum atomic E-state index is 14.3. The molecule has 1 unspecified atom stereocenters. The Morgan fingerprint density at radius 1 is 1.10 bits per heavy atom. The van der Waals surface area contributed by atoms with Crippen molar-refractivity contribution >= 4 is 22.9 Å². The Kier molecular flexibility index (Phi) is 8.36. The minimum absolute atomic E-state index is 0.140. The number of likely N-dealkylation sites (N-methyl/N-ethyl adjacent to an activating group) is 1. The van der Waals surface area contributed by atoms with Crippen LogP contribution in [0.15, 0.2) is 71.5 Å². The van der Waals surface area contributed by atoms with E-state index in [1.807, 2.05) is 55.5 Å². The lowest BCUT2D eigenvalue weighted by Crippen LogP contribution is -2.51. The predicted octanol–water partition coefficient (Wildman–Crippen LogP) is 4.94. The number of para-hydroxylation sites is 2. The van der Waals surface area contributed by atoms with Crippen molar-refractivity contribution in [1.82, 2.24) is 25.2 Å². The van der Waals surface area contributed by atoms with Crippen LogP contribution in [-0.2, 0) is 4.79 Å². The topological polar surface area (TPSA) is 124 Å². The zero-order valence-corrected chi connectivity index (χ0v) is 22.1. The fraction of sp³-hybridized carbons (Fsp3) is 0.400. The smallest absolute Gasteiger partial charge is 0.269 e. The molecule has 4 aromatic rings. The number of oxazole rings is 1. The third-order valence-corrected chi connectivity index (χ3v) is 7.60. The number of imidazole rings is 1. The van der Waals surface area contributed by atoms with Crippen LogP contribution in [0.2, 0.25) is 0 Å². The van der Waals surface area contributed by atoms with Gasteiger partial charge < -0.3 is 24.7 Å². The Labute approximate surface area is 227 Å². The first-order chi connectivity index (χ1) is 19.0. The molecule has 1 aliphatic carbocycles. The van der Waals surface area contributed by atoms with E-state index < -0.39 is 18.2 Å². The minimum atomic E-state index is -1.22. The maximum absolute atomic E-state index is 14.3. The van der Waals surface area contributed by atoms with Crippen LogP contribution in [-0.4, -0.2) is 49.4 Å². The van der Waals surface area contributed by atoms with Gasteiger partial charge in [-0.2, -0.15) is 0 Å². The molecule has 39 heavy (non-hydrogen) atoms. The number of benzene rings is 2. The molecule has 204 valence electrons. The van der Waals surface area contributed by atoms with Gasteiger partial charge in [0.15, 0.2) is 11.7 Å². The van der Waals surface area contributed by atoms with Gasteiger partial charge in [0.2, 0.25) is 11.8 Å². The molecule has 0 spiro atoms. The quantitative estimate of drug-likeness (QED) is 0.267. The molecular formula is C30H35N5O4. The molecule has 1 fully saturated rings. The van der Waals surface area contributed by atoms with E-state index in [4.69, 9.17) is 4.42 Å². The number of aromatic nitrogens is 3. The fourth-order valence-electron chi connectivity index (χ4n) is 5.62. The van der Waals surface area contributed by atoms with Crippen LogP contribution < -0.4 is 5.32 Å². The van der Waals surface area contributed by atoms with Crippen LogP contribution in [0.25, 0.3) is 11.1 Å². The number of H-pyrrole nitrogens is 1. The number of nitrogens with zero attached hydrogens (tertiary/aromatic N) is 3. The Morgan fingerprint density at radius 3 is 2.54 bits per heavy atom. The summed E-state index contributed by atoms with van der Waals surface area (Å²) in [6, 6.07) is 15.2. The summed E-state index contributed by atoms with van der Waals surface area (Å²) in [5.41, 5.74) is 2.24. The monoisotopic (exact) mass is 529 g/mol. The van der Waals surface area contributed by atoms with Crippen LogP contribution in [0, 0.1) is 5.92 Å². The molecular weight excluding hydrogens is 494 g/mol. The van der Waals surface area contributed by atoms with Crippen molar-refractivity contribution in [2.75, 3.05) is 6.54 Å². The van der Waals surface area contributed by atoms with Gasteiger partial charge in [-0.15, -0.1) is 0 Å². The summed E-state index contributed by atoms with van der Waals surface area (Å²) in [6.45, 7) is 2.19. The second-order valence-electron chi connectivity index (χ2n) is 10.2. The predicted molar refractivity (Wildman–Crippen MR) is 147 cm³/mol. The van der Waals surface area contributed by atoms with Gasteiger partial charge in [-0.1, -0.05) is 74.6 Å². The highest BCUT2D eigenvalue weighted by Gasteiger charge is 2.38. The Bertz CT molecular complexity index is 1330. The normalized spacial score (nSPS) is 16.5. The molecule has 2 heterocycles. The number of aliphatic hydroxyl groups is 1. The average molecular weight is 530 g/mol. The van der Waals surface area contributed by atoms with E-state index in [1.165, 1.54) is 18.9 Å². The maximum Gasteiger partial charge on any atom is 0.269 e. The molecule has 1 saturated carbocycles. The van der Waals surface area contributed by atoms with E-state index in [9.17, 15) is 14.7 Å². The summed E-state index contributed by atoms with van der Waals surface area (Å²) >= 11 is 0. The van der Waals surface area contributed by atoms with Crippen molar-refractivity contribution in [2.45, 2.75) is 63.6 Å². The molecule has 0 radical (unpaired) electrons. The van der Waals surface area contributed by atoms with E-state index in [1.54, 1.807) is 11.0 Å². The van der Waals surface area contributed by atoms with Gasteiger partial charge in [0.05, 0.1) is 18.6 Å². The number of rotatable bonds is 10. The molecule has 0 bridgehead atoms. The molecule has 0 saturated heterocycles. The number of hydrogen-bond acceptors (Lipinski definition) is 6. The molecule has 3 atom stereocenters. The average Bonchev–Trinajstić information content (AvgIpc) is 3.67. The highest BCUT2D eigenvalue weighted by atomic mass is 16.4. The Hall–Kier alpha value is -3.98. The molecule has 0 aliphatic heterocycles. The van der Waals surface area contributed by atoms with E-state index >= 15 is 0 Å². The van der Waals surface area contributed by atoms with E-state index in [2.05, 4.69) is 20.3 Å². The number of amides is 2. The highest BCUT2D eigenvalue weighted by molar-refractivity contribution is 5.96. The third kappa shape index (κ3) is 6.04. The number of fused-ring (bicyclic) bond motifs is 1. The zero-order chi connectivity index (χ0) is 27.2. The van der Waals surface area contributed by atoms with Gasteiger partial charge >= 0.3 is 0 Å². The Morgan fingerprint density at radius 2 is 1.85 bits per heavy atom. The van der Waals surface area contributed by atoms with Crippen molar-refractivity contribution in [3.63, 3.8) is 0 Å². The number of aliphatic hydroxyl groups excluding tert-OH is 1. The van der Waals surface area contributed by atoms with Gasteiger partial charge in [0, 0.05) is 6.54 Å². The largest absolute Gasteiger partial charge is 0.438 e. The van der Waals surface area contributed by atoms with Gasteiger partial charge in [-0.05, 0) is 37.0 Å². The van der Waals surface area contributed by atoms with Crippen molar-refractivity contribution < 1.29 is 19.1 Å².